The maximum Gasteiger partial charge on any atom is 0.573 e. The van der Waals surface area contributed by atoms with Crippen molar-refractivity contribution in [3.63, 3.8) is 0 Å². The minimum atomic E-state index is -5.15. The van der Waals surface area contributed by atoms with Crippen molar-refractivity contribution < 1.29 is 50.5 Å². The highest BCUT2D eigenvalue weighted by atomic mass is 32.2. The number of unbranched alkanes of at least 4 members (excludes halogenated alkanes) is 1. The van der Waals surface area contributed by atoms with E-state index in [0.29, 0.717) is 24.5 Å². The first-order valence-electron chi connectivity index (χ1n) is 15.3. The van der Waals surface area contributed by atoms with E-state index in [9.17, 15) is 36.3 Å². The molecule has 2 aliphatic rings. The number of amides is 2. The molecule has 258 valence electrons. The summed E-state index contributed by atoms with van der Waals surface area (Å²) in [5.74, 6) is -1.11. The predicted molar refractivity (Wildman–Crippen MR) is 167 cm³/mol. The van der Waals surface area contributed by atoms with Crippen molar-refractivity contribution in [2.45, 2.75) is 48.4 Å². The molecule has 0 unspecified atom stereocenters. The van der Waals surface area contributed by atoms with Crippen molar-refractivity contribution in [1.29, 1.82) is 0 Å². The average Bonchev–Trinajstić information content (AvgIpc) is 3.04. The molecule has 1 fully saturated rings. The van der Waals surface area contributed by atoms with Gasteiger partial charge in [0.15, 0.2) is 0 Å². The van der Waals surface area contributed by atoms with Crippen LogP contribution in [-0.4, -0.2) is 76.2 Å². The Morgan fingerprint density at radius 2 is 1.60 bits per heavy atom. The third kappa shape index (κ3) is 7.85. The van der Waals surface area contributed by atoms with Crippen LogP contribution in [0.15, 0.2) is 77.7 Å². The van der Waals surface area contributed by atoms with Gasteiger partial charge in [-0.1, -0.05) is 48.5 Å². The third-order valence-electron chi connectivity index (χ3n) is 8.57. The fourth-order valence-electron chi connectivity index (χ4n) is 6.46. The number of ether oxygens (including phenoxy) is 3. The molecule has 48 heavy (non-hydrogen) atoms. The first-order valence-corrected chi connectivity index (χ1v) is 16.8. The normalized spacial score (nSPS) is 18.6. The van der Waals surface area contributed by atoms with Crippen LogP contribution < -0.4 is 19.5 Å². The van der Waals surface area contributed by atoms with Gasteiger partial charge < -0.3 is 29.5 Å². The van der Waals surface area contributed by atoms with E-state index < -0.39 is 56.4 Å². The van der Waals surface area contributed by atoms with Crippen molar-refractivity contribution in [1.82, 2.24) is 14.9 Å². The summed E-state index contributed by atoms with van der Waals surface area (Å²) >= 11 is 0. The van der Waals surface area contributed by atoms with E-state index in [2.05, 4.69) is 14.8 Å². The number of nitrogens with zero attached hydrogens (tertiary/aromatic N) is 1. The van der Waals surface area contributed by atoms with Crippen LogP contribution in [0.2, 0.25) is 0 Å². The number of hydrogen-bond acceptors (Lipinski definition) is 7. The second kappa shape index (κ2) is 14.4. The molecule has 2 atom stereocenters. The Labute approximate surface area is 276 Å². The molecule has 0 radical (unpaired) electrons. The third-order valence-corrected chi connectivity index (χ3v) is 10.1. The Hall–Kier alpha value is -4.34. The Bertz CT molecular complexity index is 1690. The number of nitrogens with one attached hydrogen (secondary N) is 2. The topological polar surface area (TPSA) is 143 Å². The lowest BCUT2D eigenvalue weighted by molar-refractivity contribution is -0.275. The molecule has 1 saturated heterocycles. The molecule has 0 aromatic heterocycles. The second-order valence-corrected chi connectivity index (χ2v) is 13.5. The van der Waals surface area contributed by atoms with Crippen LogP contribution in [0.3, 0.4) is 0 Å². The number of likely N-dealkylation sites (tertiary alicyclic amines) is 1. The SMILES string of the molecule is COCCCCC1(CNC(=O)[C@H]2C[C@@H](NS(=O)(=O)c3ccccc3OC(F)(F)F)CN(C(=O)O)C2)c2ccccc2Oc2ccccc21. The lowest BCUT2D eigenvalue weighted by Gasteiger charge is -2.41. The predicted octanol–water partition coefficient (Wildman–Crippen LogP) is 5.26. The number of para-hydroxylation sites is 3. The lowest BCUT2D eigenvalue weighted by Crippen LogP contribution is -2.56. The van der Waals surface area contributed by atoms with Gasteiger partial charge in [-0.3, -0.25) is 4.79 Å². The molecule has 2 amide bonds. The van der Waals surface area contributed by atoms with Crippen LogP contribution in [0.1, 0.15) is 36.8 Å². The van der Waals surface area contributed by atoms with Crippen molar-refractivity contribution in [3.8, 4) is 17.2 Å². The molecule has 3 aromatic carbocycles. The summed E-state index contributed by atoms with van der Waals surface area (Å²) in [7, 11) is -3.01. The van der Waals surface area contributed by atoms with Gasteiger partial charge in [-0.2, -0.15) is 0 Å². The molecule has 11 nitrogen and oxygen atoms in total. The van der Waals surface area contributed by atoms with Crippen LogP contribution in [0, 0.1) is 5.92 Å². The highest BCUT2D eigenvalue weighted by molar-refractivity contribution is 7.89. The monoisotopic (exact) mass is 691 g/mol. The van der Waals surface area contributed by atoms with E-state index in [1.165, 1.54) is 12.1 Å². The molecule has 0 saturated carbocycles. The zero-order valence-electron chi connectivity index (χ0n) is 26.0. The molecule has 0 aliphatic carbocycles. The molecule has 0 spiro atoms. The number of alkyl halides is 3. The minimum absolute atomic E-state index is 0.103. The minimum Gasteiger partial charge on any atom is -0.465 e. The van der Waals surface area contributed by atoms with Gasteiger partial charge >= 0.3 is 12.5 Å². The summed E-state index contributed by atoms with van der Waals surface area (Å²) < 4.78 is 83.2. The van der Waals surface area contributed by atoms with Gasteiger partial charge in [0.1, 0.15) is 22.1 Å². The summed E-state index contributed by atoms with van der Waals surface area (Å²) in [5, 5.41) is 12.9. The number of carbonyl (C=O) groups excluding carboxylic acids is 1. The Kier molecular flexibility index (Phi) is 10.5. The number of methoxy groups -OCH3 is 1. The maximum absolute atomic E-state index is 13.8. The van der Waals surface area contributed by atoms with Crippen LogP contribution in [-0.2, 0) is 25.0 Å². The van der Waals surface area contributed by atoms with Crippen LogP contribution in [0.25, 0.3) is 0 Å². The van der Waals surface area contributed by atoms with Crippen LogP contribution >= 0.6 is 0 Å². The number of carboxylic acid groups (broad SMARTS) is 1. The number of fused-ring (bicyclic) bond motifs is 2. The molecule has 3 aromatic rings. The number of benzene rings is 3. The van der Waals surface area contributed by atoms with E-state index >= 15 is 0 Å². The maximum atomic E-state index is 13.8. The smallest absolute Gasteiger partial charge is 0.465 e. The lowest BCUT2D eigenvalue weighted by atomic mass is 9.69. The van der Waals surface area contributed by atoms with E-state index in [0.717, 1.165) is 41.0 Å². The molecule has 3 N–H and O–H groups in total. The largest absolute Gasteiger partial charge is 0.573 e. The molecule has 2 heterocycles. The number of sulfonamides is 1. The fraction of sp³-hybridized carbons (Fsp3) is 0.394. The van der Waals surface area contributed by atoms with Gasteiger partial charge in [-0.15, -0.1) is 13.2 Å². The highest BCUT2D eigenvalue weighted by Crippen LogP contribution is 2.50. The Morgan fingerprint density at radius 3 is 2.23 bits per heavy atom. The number of piperidine rings is 1. The standard InChI is InChI=1S/C33H36F3N3O8S/c1-45-17-9-8-16-32(24-10-2-4-12-26(24)46-27-13-5-3-11-25(27)32)21-37-30(40)22-18-23(20-39(19-22)31(41)42)38-48(43,44)29-15-7-6-14-28(29)47-33(34,35)36/h2-7,10-15,22-23,38H,8-9,16-21H2,1H3,(H,37,40)(H,41,42)/t22-,23+/m0/s1. The highest BCUT2D eigenvalue weighted by Gasteiger charge is 2.43. The van der Waals surface area contributed by atoms with E-state index in [-0.39, 0.29) is 26.1 Å². The number of carbonyl (C=O) groups is 2. The van der Waals surface area contributed by atoms with Crippen molar-refractivity contribution in [2.24, 2.45) is 5.92 Å². The van der Waals surface area contributed by atoms with Crippen LogP contribution in [0.4, 0.5) is 18.0 Å². The van der Waals surface area contributed by atoms with Gasteiger partial charge in [-0.25, -0.2) is 17.9 Å². The number of hydrogen-bond donors (Lipinski definition) is 3. The van der Waals surface area contributed by atoms with Gasteiger partial charge in [-0.05, 0) is 49.9 Å². The van der Waals surface area contributed by atoms with Gasteiger partial charge in [0.2, 0.25) is 15.9 Å². The molecule has 2 aliphatic heterocycles. The summed E-state index contributed by atoms with van der Waals surface area (Å²) in [6.45, 7) is 0.171. The fourth-order valence-corrected chi connectivity index (χ4v) is 7.83. The average molecular weight is 692 g/mol. The summed E-state index contributed by atoms with van der Waals surface area (Å²) in [4.78, 5) is 26.0. The Balaban J connectivity index is 1.39. The van der Waals surface area contributed by atoms with Crippen molar-refractivity contribution in [2.75, 3.05) is 33.4 Å². The number of rotatable bonds is 12. The molecular formula is C33H36F3N3O8S. The Morgan fingerprint density at radius 1 is 0.979 bits per heavy atom. The number of halogens is 3. The van der Waals surface area contributed by atoms with Crippen molar-refractivity contribution >= 4 is 22.0 Å². The van der Waals surface area contributed by atoms with E-state index in [1.54, 1.807) is 7.11 Å². The van der Waals surface area contributed by atoms with Gasteiger partial charge in [0, 0.05) is 55.9 Å². The quantitative estimate of drug-likeness (QED) is 0.219. The summed E-state index contributed by atoms with van der Waals surface area (Å²) in [6, 6.07) is 18.2. The van der Waals surface area contributed by atoms with Crippen molar-refractivity contribution in [3.05, 3.63) is 83.9 Å². The summed E-state index contributed by atoms with van der Waals surface area (Å²) in [6.07, 6.45) is -4.47. The summed E-state index contributed by atoms with van der Waals surface area (Å²) in [5.41, 5.74) is 1.05. The first kappa shape index (κ1) is 35.0. The zero-order valence-corrected chi connectivity index (χ0v) is 26.9. The zero-order chi connectivity index (χ0) is 34.5. The van der Waals surface area contributed by atoms with E-state index in [1.807, 2.05) is 48.5 Å². The molecule has 0 bridgehead atoms. The van der Waals surface area contributed by atoms with E-state index in [4.69, 9.17) is 9.47 Å². The van der Waals surface area contributed by atoms with Crippen LogP contribution in [0.5, 0.6) is 17.2 Å². The first-order chi connectivity index (χ1) is 22.8. The molecule has 15 heteroatoms. The molecular weight excluding hydrogens is 655 g/mol. The van der Waals surface area contributed by atoms with Gasteiger partial charge in [0.05, 0.1) is 5.92 Å². The second-order valence-electron chi connectivity index (χ2n) is 11.8. The van der Waals surface area contributed by atoms with Gasteiger partial charge in [0.25, 0.3) is 0 Å². The molecule has 5 rings (SSSR count).